The van der Waals surface area contributed by atoms with Gasteiger partial charge in [0, 0.05) is 25.4 Å². The molecular formula is C15H21N5O. The first-order chi connectivity index (χ1) is 10.3. The predicted molar refractivity (Wildman–Crippen MR) is 83.2 cm³/mol. The number of nitrogens with one attached hydrogen (secondary N) is 3. The van der Waals surface area contributed by atoms with Crippen molar-refractivity contribution in [1.29, 1.82) is 0 Å². The van der Waals surface area contributed by atoms with Gasteiger partial charge in [0.15, 0.2) is 5.96 Å². The highest BCUT2D eigenvalue weighted by Crippen LogP contribution is 2.17. The third kappa shape index (κ3) is 4.52. The molecule has 21 heavy (non-hydrogen) atoms. The van der Waals surface area contributed by atoms with Crippen LogP contribution in [0, 0.1) is 0 Å². The van der Waals surface area contributed by atoms with Crippen molar-refractivity contribution in [3.8, 4) is 5.75 Å². The fourth-order valence-electron chi connectivity index (χ4n) is 1.91. The van der Waals surface area contributed by atoms with Gasteiger partial charge in [-0.3, -0.25) is 10.1 Å². The molecule has 112 valence electrons. The molecule has 0 aliphatic rings. The molecule has 6 heteroatoms. The molecule has 1 aromatic heterocycles. The van der Waals surface area contributed by atoms with Gasteiger partial charge < -0.3 is 15.4 Å². The summed E-state index contributed by atoms with van der Waals surface area (Å²) in [5.41, 5.74) is 2.11. The van der Waals surface area contributed by atoms with Gasteiger partial charge in [-0.2, -0.15) is 5.10 Å². The van der Waals surface area contributed by atoms with E-state index >= 15 is 0 Å². The molecule has 0 atom stereocenters. The highest BCUT2D eigenvalue weighted by molar-refractivity contribution is 5.79. The first kappa shape index (κ1) is 14.9. The van der Waals surface area contributed by atoms with Gasteiger partial charge in [0.1, 0.15) is 5.75 Å². The van der Waals surface area contributed by atoms with Crippen LogP contribution in [0.2, 0.25) is 0 Å². The number of H-pyrrole nitrogens is 1. The largest absolute Gasteiger partial charge is 0.494 e. The number of rotatable bonds is 6. The highest BCUT2D eigenvalue weighted by Gasteiger charge is 2.04. The fourth-order valence-corrected chi connectivity index (χ4v) is 1.91. The van der Waals surface area contributed by atoms with Crippen molar-refractivity contribution in [3.63, 3.8) is 0 Å². The zero-order valence-corrected chi connectivity index (χ0v) is 12.4. The van der Waals surface area contributed by atoms with Crippen LogP contribution in [0.15, 0.2) is 41.5 Å². The molecule has 0 amide bonds. The maximum Gasteiger partial charge on any atom is 0.191 e. The summed E-state index contributed by atoms with van der Waals surface area (Å²) in [6.07, 6.45) is 1.73. The van der Waals surface area contributed by atoms with Crippen LogP contribution in [0.25, 0.3) is 0 Å². The number of guanidine groups is 1. The first-order valence-electron chi connectivity index (χ1n) is 6.97. The second-order valence-electron chi connectivity index (χ2n) is 4.40. The molecule has 0 saturated heterocycles. The lowest BCUT2D eigenvalue weighted by Gasteiger charge is -2.14. The lowest BCUT2D eigenvalue weighted by atomic mass is 10.2. The zero-order chi connectivity index (χ0) is 14.9. The second-order valence-corrected chi connectivity index (χ2v) is 4.40. The molecule has 0 spiro atoms. The summed E-state index contributed by atoms with van der Waals surface area (Å²) in [6.45, 7) is 3.94. The molecule has 1 aromatic carbocycles. The van der Waals surface area contributed by atoms with E-state index in [1.54, 1.807) is 13.2 Å². The fraction of sp³-hybridized carbons (Fsp3) is 0.333. The smallest absolute Gasteiger partial charge is 0.191 e. The van der Waals surface area contributed by atoms with Crippen LogP contribution < -0.4 is 15.4 Å². The number of aliphatic imine (C=N–C) groups is 1. The van der Waals surface area contributed by atoms with Crippen LogP contribution in [-0.2, 0) is 13.1 Å². The number of aromatic nitrogens is 2. The summed E-state index contributed by atoms with van der Waals surface area (Å²) in [5, 5.41) is 13.3. The summed E-state index contributed by atoms with van der Waals surface area (Å²) < 4.78 is 5.61. The molecule has 1 heterocycles. The Balaban J connectivity index is 1.88. The van der Waals surface area contributed by atoms with Gasteiger partial charge in [0.05, 0.1) is 18.8 Å². The molecule has 0 radical (unpaired) electrons. The summed E-state index contributed by atoms with van der Waals surface area (Å²) in [4.78, 5) is 4.20. The van der Waals surface area contributed by atoms with Crippen LogP contribution in [0.5, 0.6) is 5.75 Å². The number of benzene rings is 1. The molecule has 0 aliphatic heterocycles. The van der Waals surface area contributed by atoms with Gasteiger partial charge >= 0.3 is 0 Å². The monoisotopic (exact) mass is 287 g/mol. The van der Waals surface area contributed by atoms with Crippen LogP contribution in [0.1, 0.15) is 18.2 Å². The van der Waals surface area contributed by atoms with Crippen molar-refractivity contribution >= 4 is 5.96 Å². The van der Waals surface area contributed by atoms with Crippen molar-refractivity contribution in [2.45, 2.75) is 20.0 Å². The standard InChI is InChI=1S/C15H21N5O/c1-3-21-14-7-5-4-6-12(14)10-17-15(16-2)18-11-13-8-9-19-20-13/h4-9H,3,10-11H2,1-2H3,(H,19,20)(H2,16,17,18). The number of nitrogens with zero attached hydrogens (tertiary/aromatic N) is 2. The van der Waals surface area contributed by atoms with E-state index in [0.29, 0.717) is 19.7 Å². The Labute approximate surface area is 124 Å². The third-order valence-corrected chi connectivity index (χ3v) is 2.95. The predicted octanol–water partition coefficient (Wildman–Crippen LogP) is 1.67. The summed E-state index contributed by atoms with van der Waals surface area (Å²) in [6, 6.07) is 9.91. The topological polar surface area (TPSA) is 74.3 Å². The van der Waals surface area contributed by atoms with E-state index in [4.69, 9.17) is 4.74 Å². The summed E-state index contributed by atoms with van der Waals surface area (Å²) >= 11 is 0. The Bertz CT molecular complexity index is 565. The Morgan fingerprint density at radius 1 is 1.24 bits per heavy atom. The summed E-state index contributed by atoms with van der Waals surface area (Å²) in [7, 11) is 1.75. The molecule has 0 fully saturated rings. The van der Waals surface area contributed by atoms with Crippen molar-refractivity contribution in [3.05, 3.63) is 47.8 Å². The van der Waals surface area contributed by atoms with Gasteiger partial charge in [0.25, 0.3) is 0 Å². The number of ether oxygens (including phenoxy) is 1. The van der Waals surface area contributed by atoms with Gasteiger partial charge in [-0.05, 0) is 19.1 Å². The minimum Gasteiger partial charge on any atom is -0.494 e. The molecule has 0 saturated carbocycles. The second kappa shape index (κ2) is 7.94. The average molecular weight is 287 g/mol. The Kier molecular flexibility index (Phi) is 5.63. The maximum atomic E-state index is 5.61. The minimum atomic E-state index is 0.646. The van der Waals surface area contributed by atoms with E-state index in [0.717, 1.165) is 23.0 Å². The molecule has 2 rings (SSSR count). The van der Waals surface area contributed by atoms with Gasteiger partial charge in [-0.25, -0.2) is 0 Å². The number of hydrogen-bond donors (Lipinski definition) is 3. The zero-order valence-electron chi connectivity index (χ0n) is 12.4. The average Bonchev–Trinajstić information content (AvgIpc) is 3.02. The number of para-hydroxylation sites is 1. The quantitative estimate of drug-likeness (QED) is 0.558. The highest BCUT2D eigenvalue weighted by atomic mass is 16.5. The molecule has 0 unspecified atom stereocenters. The third-order valence-electron chi connectivity index (χ3n) is 2.95. The Morgan fingerprint density at radius 3 is 2.76 bits per heavy atom. The SMILES string of the molecule is CCOc1ccccc1CNC(=NC)NCc1ccn[nH]1. The van der Waals surface area contributed by atoms with Crippen LogP contribution in [0.3, 0.4) is 0 Å². The van der Waals surface area contributed by atoms with Crippen LogP contribution in [-0.4, -0.2) is 29.8 Å². The number of aromatic amines is 1. The minimum absolute atomic E-state index is 0.646. The maximum absolute atomic E-state index is 5.61. The lowest BCUT2D eigenvalue weighted by molar-refractivity contribution is 0.336. The Hall–Kier alpha value is -2.50. The van der Waals surface area contributed by atoms with Gasteiger partial charge in [0.2, 0.25) is 0 Å². The molecule has 3 N–H and O–H groups in total. The molecular weight excluding hydrogens is 266 g/mol. The van der Waals surface area contributed by atoms with E-state index in [1.807, 2.05) is 37.3 Å². The van der Waals surface area contributed by atoms with E-state index < -0.39 is 0 Å². The summed E-state index contributed by atoms with van der Waals surface area (Å²) in [5.74, 6) is 1.63. The number of hydrogen-bond acceptors (Lipinski definition) is 3. The lowest BCUT2D eigenvalue weighted by Crippen LogP contribution is -2.36. The Morgan fingerprint density at radius 2 is 2.05 bits per heavy atom. The van der Waals surface area contributed by atoms with Crippen molar-refractivity contribution in [2.75, 3.05) is 13.7 Å². The van der Waals surface area contributed by atoms with Crippen molar-refractivity contribution in [2.24, 2.45) is 4.99 Å². The van der Waals surface area contributed by atoms with E-state index in [2.05, 4.69) is 25.8 Å². The first-order valence-corrected chi connectivity index (χ1v) is 6.97. The van der Waals surface area contributed by atoms with Crippen molar-refractivity contribution in [1.82, 2.24) is 20.8 Å². The van der Waals surface area contributed by atoms with Crippen molar-refractivity contribution < 1.29 is 4.74 Å². The van der Waals surface area contributed by atoms with Gasteiger partial charge in [-0.1, -0.05) is 18.2 Å². The van der Waals surface area contributed by atoms with Gasteiger partial charge in [-0.15, -0.1) is 0 Å². The van der Waals surface area contributed by atoms with Crippen LogP contribution >= 0.6 is 0 Å². The van der Waals surface area contributed by atoms with E-state index in [-0.39, 0.29) is 0 Å². The molecule has 0 aliphatic carbocycles. The molecule has 0 bridgehead atoms. The normalized spacial score (nSPS) is 11.2. The van der Waals surface area contributed by atoms with Crippen LogP contribution in [0.4, 0.5) is 0 Å². The van der Waals surface area contributed by atoms with E-state index in [9.17, 15) is 0 Å². The molecule has 6 nitrogen and oxygen atoms in total. The molecule has 2 aromatic rings. The van der Waals surface area contributed by atoms with E-state index in [1.165, 1.54) is 0 Å².